The van der Waals surface area contributed by atoms with Crippen LogP contribution in [0, 0.1) is 97.5 Å². The van der Waals surface area contributed by atoms with Crippen LogP contribution in [0.15, 0.2) is 0 Å². The van der Waals surface area contributed by atoms with Crippen molar-refractivity contribution in [3.63, 3.8) is 0 Å². The fourth-order valence-electron chi connectivity index (χ4n) is 7.19. The number of hydrogen-bond acceptors (Lipinski definition) is 7. The summed E-state index contributed by atoms with van der Waals surface area (Å²) in [7, 11) is 0. The number of H-pyrrole nitrogens is 1. The van der Waals surface area contributed by atoms with Crippen molar-refractivity contribution in [1.82, 2.24) is 39.6 Å². The smallest absolute Gasteiger partial charge is 0.198 e. The molecule has 0 unspecified atom stereocenters. The second-order valence-corrected chi connectivity index (χ2v) is 13.1. The summed E-state index contributed by atoms with van der Waals surface area (Å²) in [5.74, 6) is -24.9. The molecule has 57 heavy (non-hydrogen) atoms. The van der Waals surface area contributed by atoms with Crippen molar-refractivity contribution >= 4 is 44.1 Å². The number of rotatable bonds is 0. The number of aromatic nitrogens is 8. The highest BCUT2D eigenvalue weighted by atomic mass is 19.2. The Morgan fingerprint density at radius 3 is 0.947 bits per heavy atom. The molecular weight excluding hydrogens is 786 g/mol. The predicted octanol–water partition coefficient (Wildman–Crippen LogP) is 8.96. The van der Waals surface area contributed by atoms with Crippen molar-refractivity contribution in [2.75, 3.05) is 5.84 Å². The zero-order valence-corrected chi connectivity index (χ0v) is 28.7. The van der Waals surface area contributed by atoms with E-state index in [1.807, 2.05) is 0 Å². The molecule has 0 radical (unpaired) electrons. The van der Waals surface area contributed by atoms with Crippen LogP contribution in [0.2, 0.25) is 0 Å². The molecule has 0 aliphatic carbocycles. The number of nitrogens with one attached hydrogen (secondary N) is 1. The summed E-state index contributed by atoms with van der Waals surface area (Å²) >= 11 is 0. The molecule has 3 N–H and O–H groups in total. The summed E-state index contributed by atoms with van der Waals surface area (Å²) in [6.07, 6.45) is 0. The van der Waals surface area contributed by atoms with Crippen molar-refractivity contribution in [2.24, 2.45) is 0 Å². The van der Waals surface area contributed by atoms with E-state index in [4.69, 9.17) is 5.84 Å². The molecule has 5 heterocycles. The maximum atomic E-state index is 15.7. The lowest BCUT2D eigenvalue weighted by molar-refractivity contribution is 0.412. The predicted molar refractivity (Wildman–Crippen MR) is 178 cm³/mol. The van der Waals surface area contributed by atoms with Gasteiger partial charge in [-0.1, -0.05) is 0 Å². The Balaban J connectivity index is 1.63. The van der Waals surface area contributed by atoms with E-state index >= 15 is 26.3 Å². The first-order valence-corrected chi connectivity index (χ1v) is 16.2. The Kier molecular flexibility index (Phi) is 7.31. The normalized spacial score (nSPS) is 12.3. The van der Waals surface area contributed by atoms with Gasteiger partial charge < -0.3 is 10.8 Å². The molecular formula is C36H15F12N9. The van der Waals surface area contributed by atoms with Gasteiger partial charge in [-0.3, -0.25) is 0 Å². The fraction of sp³-hybridized carbons (Fsp3) is 0.111. The number of aryl methyl sites for hydroxylation is 2. The van der Waals surface area contributed by atoms with Gasteiger partial charge in [0.05, 0.1) is 33.0 Å². The summed E-state index contributed by atoms with van der Waals surface area (Å²) in [5.41, 5.74) is -5.48. The molecule has 7 aromatic rings. The number of nitrogen functional groups attached to an aromatic ring is 1. The van der Waals surface area contributed by atoms with Crippen LogP contribution in [0.4, 0.5) is 52.7 Å². The number of nitrogens with two attached hydrogens (primary N) is 1. The van der Waals surface area contributed by atoms with E-state index < -0.39 is 137 Å². The molecule has 3 aromatic heterocycles. The van der Waals surface area contributed by atoms with Gasteiger partial charge >= 0.3 is 0 Å². The first-order chi connectivity index (χ1) is 26.9. The first kappa shape index (κ1) is 35.9. The van der Waals surface area contributed by atoms with Crippen LogP contribution >= 0.6 is 0 Å². The van der Waals surface area contributed by atoms with E-state index in [9.17, 15) is 26.3 Å². The van der Waals surface area contributed by atoms with E-state index in [1.54, 1.807) is 27.7 Å². The van der Waals surface area contributed by atoms with Crippen LogP contribution in [0.5, 0.6) is 0 Å². The molecule has 9 nitrogen and oxygen atoms in total. The van der Waals surface area contributed by atoms with Crippen LogP contribution in [-0.4, -0.2) is 39.6 Å². The third-order valence-corrected chi connectivity index (χ3v) is 10.3. The van der Waals surface area contributed by atoms with Crippen LogP contribution < -0.4 is 5.84 Å². The molecule has 4 aromatic carbocycles. The van der Waals surface area contributed by atoms with Gasteiger partial charge in [0.1, 0.15) is 11.3 Å². The Bertz CT molecular complexity index is 3070. The lowest BCUT2D eigenvalue weighted by atomic mass is 9.94. The molecule has 288 valence electrons. The molecule has 2 aliphatic rings. The molecule has 0 fully saturated rings. The number of halogens is 12. The Labute approximate surface area is 307 Å². The minimum absolute atomic E-state index is 0.0708. The number of nitrogens with zero attached hydrogens (tertiary/aromatic N) is 7. The van der Waals surface area contributed by atoms with E-state index in [0.29, 0.717) is 22.3 Å². The van der Waals surface area contributed by atoms with Crippen LogP contribution in [0.1, 0.15) is 22.3 Å². The second kappa shape index (κ2) is 11.6. The minimum atomic E-state index is -2.45. The van der Waals surface area contributed by atoms with Gasteiger partial charge in [-0.2, -0.15) is 0 Å². The third kappa shape index (κ3) is 4.44. The zero-order chi connectivity index (χ0) is 41.0. The van der Waals surface area contributed by atoms with E-state index in [0.717, 1.165) is 0 Å². The SMILES string of the molecule is Cc1c(C)c(C)c2c3nc4nc(nc5c6c(F)c(F)c(F)c(F)c6c(nc6nc(nc([nH]3)c2c1C)-c1c(F)c(F)c(F)c(F)c1-6)n5N)-c1c(F)c(F)c(F)c(F)c1-4. The zero-order valence-electron chi connectivity index (χ0n) is 28.7. The van der Waals surface area contributed by atoms with E-state index in [1.165, 1.54) is 0 Å². The number of aromatic amines is 1. The number of hydrogen-bond donors (Lipinski definition) is 2. The summed E-state index contributed by atoms with van der Waals surface area (Å²) in [4.78, 5) is 26.9. The number of fused-ring (bicyclic) bond motifs is 20. The summed E-state index contributed by atoms with van der Waals surface area (Å²) < 4.78 is 183. The summed E-state index contributed by atoms with van der Waals surface area (Å²) in [6, 6.07) is 0. The van der Waals surface area contributed by atoms with Crippen LogP contribution in [-0.2, 0) is 0 Å². The van der Waals surface area contributed by atoms with Crippen LogP contribution in [0.3, 0.4) is 0 Å². The largest absolute Gasteiger partial charge is 0.336 e. The molecule has 0 atom stereocenters. The first-order valence-electron chi connectivity index (χ1n) is 16.2. The molecule has 2 aliphatic heterocycles. The average Bonchev–Trinajstić information content (AvgIpc) is 3.91. The number of benzene rings is 4. The Morgan fingerprint density at radius 1 is 0.351 bits per heavy atom. The Hall–Kier alpha value is -6.80. The van der Waals surface area contributed by atoms with E-state index in [2.05, 4.69) is 34.9 Å². The molecule has 0 amide bonds. The lowest BCUT2D eigenvalue weighted by Crippen LogP contribution is -2.09. The van der Waals surface area contributed by atoms with E-state index in [-0.39, 0.29) is 26.7 Å². The molecule has 0 saturated carbocycles. The fourth-order valence-corrected chi connectivity index (χ4v) is 7.19. The highest BCUT2D eigenvalue weighted by Crippen LogP contribution is 2.44. The highest BCUT2D eigenvalue weighted by Gasteiger charge is 2.37. The maximum absolute atomic E-state index is 15.7. The topological polar surface area (TPSA) is 124 Å². The van der Waals surface area contributed by atoms with Gasteiger partial charge in [-0.15, -0.1) is 0 Å². The van der Waals surface area contributed by atoms with Crippen molar-refractivity contribution in [1.29, 1.82) is 0 Å². The maximum Gasteiger partial charge on any atom is 0.198 e. The molecule has 8 bridgehead atoms. The lowest BCUT2D eigenvalue weighted by Gasteiger charge is -2.11. The molecule has 9 rings (SSSR count). The Morgan fingerprint density at radius 2 is 0.632 bits per heavy atom. The third-order valence-electron chi connectivity index (χ3n) is 10.3. The summed E-state index contributed by atoms with van der Waals surface area (Å²) in [6.45, 7) is 6.66. The monoisotopic (exact) mass is 801 g/mol. The molecule has 0 saturated heterocycles. The van der Waals surface area contributed by atoms with Crippen molar-refractivity contribution in [2.45, 2.75) is 27.7 Å². The van der Waals surface area contributed by atoms with Gasteiger partial charge in [0.2, 0.25) is 0 Å². The van der Waals surface area contributed by atoms with Crippen molar-refractivity contribution in [3.05, 3.63) is 92.1 Å². The quantitative estimate of drug-likeness (QED) is 0.0680. The minimum Gasteiger partial charge on any atom is -0.336 e. The molecule has 21 heteroatoms. The van der Waals surface area contributed by atoms with Gasteiger partial charge in [-0.25, -0.2) is 87.3 Å². The summed E-state index contributed by atoms with van der Waals surface area (Å²) in [5, 5.41) is -2.39. The van der Waals surface area contributed by atoms with Gasteiger partial charge in [0.15, 0.2) is 104 Å². The van der Waals surface area contributed by atoms with Gasteiger partial charge in [-0.05, 0) is 49.9 Å². The van der Waals surface area contributed by atoms with Gasteiger partial charge in [0, 0.05) is 10.8 Å². The van der Waals surface area contributed by atoms with Gasteiger partial charge in [0.25, 0.3) is 0 Å². The molecule has 0 spiro atoms. The van der Waals surface area contributed by atoms with Crippen LogP contribution in [0.25, 0.3) is 89.7 Å². The van der Waals surface area contributed by atoms with Crippen molar-refractivity contribution in [3.8, 4) is 45.6 Å². The van der Waals surface area contributed by atoms with Crippen molar-refractivity contribution < 1.29 is 52.7 Å². The standard InChI is InChI=1S/C36H15F12N9/c1-5-6(2)8(4)10-9(7(5)3)29-50-30(10)52-32-12-14(20(40)26(46)24(44)18(12)38)34(54-32)56-36-16-15(21(41)27(47)28(48)22(16)42)35(57(36)49)55-33-13-11(31(51-29)53-33)17(37)23(43)25(45)19(13)39/h49H2,1-4H3,(H,50,51,52,53,54,55,56). The average molecular weight is 802 g/mol. The second-order valence-electron chi connectivity index (χ2n) is 13.1. The highest BCUT2D eigenvalue weighted by molar-refractivity contribution is 6.10.